The van der Waals surface area contributed by atoms with E-state index in [1.807, 2.05) is 0 Å². The summed E-state index contributed by atoms with van der Waals surface area (Å²) in [6.45, 7) is 5.20. The molecule has 0 unspecified atom stereocenters. The van der Waals surface area contributed by atoms with Gasteiger partial charge in [-0.25, -0.2) is 0 Å². The van der Waals surface area contributed by atoms with Crippen LogP contribution in [0.2, 0.25) is 0 Å². The summed E-state index contributed by atoms with van der Waals surface area (Å²) in [6.07, 6.45) is 51.5. The van der Waals surface area contributed by atoms with E-state index >= 15 is 0 Å². The molecule has 0 atom stereocenters. The number of carbonyl (C=O) groups is 1. The van der Waals surface area contributed by atoms with Crippen molar-refractivity contribution in [3.63, 3.8) is 0 Å². The predicted molar refractivity (Wildman–Crippen MR) is 193 cm³/mol. The molecule has 0 aromatic heterocycles. The fraction of sp³-hybridized carbons (Fsp3) is 0.927. The fourth-order valence-electron chi connectivity index (χ4n) is 6.13. The first-order chi connectivity index (χ1) is 21.3. The van der Waals surface area contributed by atoms with Gasteiger partial charge in [-0.2, -0.15) is 0 Å². The third-order valence-corrected chi connectivity index (χ3v) is 9.15. The average molecular weight is 605 g/mol. The highest BCUT2D eigenvalue weighted by Crippen LogP contribution is 2.15. The maximum absolute atomic E-state index is 12.0. The van der Waals surface area contributed by atoms with E-state index in [2.05, 4.69) is 26.0 Å². The number of hydrogen-bond acceptors (Lipinski definition) is 2. The van der Waals surface area contributed by atoms with Gasteiger partial charge < -0.3 is 4.74 Å². The molecule has 0 aliphatic heterocycles. The monoisotopic (exact) mass is 605 g/mol. The molecular formula is C41H80O2. The summed E-state index contributed by atoms with van der Waals surface area (Å²) in [5.41, 5.74) is 0. The second-order valence-corrected chi connectivity index (χ2v) is 13.6. The number of rotatable bonds is 37. The molecule has 0 spiro atoms. The highest BCUT2D eigenvalue weighted by atomic mass is 16.5. The van der Waals surface area contributed by atoms with Crippen molar-refractivity contribution < 1.29 is 9.53 Å². The molecule has 0 radical (unpaired) electrons. The van der Waals surface area contributed by atoms with E-state index in [-0.39, 0.29) is 5.97 Å². The van der Waals surface area contributed by atoms with Crippen LogP contribution in [0.15, 0.2) is 12.2 Å². The quantitative estimate of drug-likeness (QED) is 0.0400. The molecule has 0 aliphatic rings. The maximum Gasteiger partial charge on any atom is 0.305 e. The van der Waals surface area contributed by atoms with Crippen LogP contribution in [0, 0.1) is 0 Å². The molecule has 2 nitrogen and oxygen atoms in total. The van der Waals surface area contributed by atoms with E-state index < -0.39 is 0 Å². The van der Waals surface area contributed by atoms with Gasteiger partial charge in [-0.05, 0) is 38.5 Å². The molecule has 0 rings (SSSR count). The summed E-state index contributed by atoms with van der Waals surface area (Å²) >= 11 is 0. The van der Waals surface area contributed by atoms with E-state index in [9.17, 15) is 4.79 Å². The zero-order valence-corrected chi connectivity index (χ0v) is 29.9. The molecule has 0 N–H and O–H groups in total. The smallest absolute Gasteiger partial charge is 0.305 e. The van der Waals surface area contributed by atoms with Crippen molar-refractivity contribution in [2.75, 3.05) is 6.61 Å². The molecule has 0 saturated heterocycles. The van der Waals surface area contributed by atoms with Gasteiger partial charge in [0.1, 0.15) is 0 Å². The summed E-state index contributed by atoms with van der Waals surface area (Å²) in [5.74, 6) is 0.0233. The largest absolute Gasteiger partial charge is 0.466 e. The first-order valence-electron chi connectivity index (χ1n) is 20.1. The van der Waals surface area contributed by atoms with E-state index in [0.717, 1.165) is 12.8 Å². The predicted octanol–water partition coefficient (Wildman–Crippen LogP) is 14.8. The summed E-state index contributed by atoms with van der Waals surface area (Å²) in [4.78, 5) is 12.0. The van der Waals surface area contributed by atoms with Crippen LogP contribution in [0.25, 0.3) is 0 Å². The lowest BCUT2D eigenvalue weighted by molar-refractivity contribution is -0.143. The number of hydrogen-bond donors (Lipinski definition) is 0. The number of carbonyl (C=O) groups excluding carboxylic acids is 1. The zero-order chi connectivity index (χ0) is 31.2. The highest BCUT2D eigenvalue weighted by molar-refractivity contribution is 5.69. The summed E-state index contributed by atoms with van der Waals surface area (Å²) in [7, 11) is 0. The molecular weight excluding hydrogens is 524 g/mol. The van der Waals surface area contributed by atoms with Crippen LogP contribution in [0.5, 0.6) is 0 Å². The summed E-state index contributed by atoms with van der Waals surface area (Å²) in [5, 5.41) is 0. The maximum atomic E-state index is 12.0. The van der Waals surface area contributed by atoms with Crippen molar-refractivity contribution in [3.05, 3.63) is 12.2 Å². The molecule has 0 aromatic rings. The fourth-order valence-corrected chi connectivity index (χ4v) is 6.13. The molecule has 0 fully saturated rings. The third kappa shape index (κ3) is 39.2. The summed E-state index contributed by atoms with van der Waals surface area (Å²) in [6, 6.07) is 0. The Bertz CT molecular complexity index is 540. The number of allylic oxidation sites excluding steroid dienone is 2. The van der Waals surface area contributed by atoms with Gasteiger partial charge in [0.05, 0.1) is 6.61 Å². The zero-order valence-electron chi connectivity index (χ0n) is 29.9. The van der Waals surface area contributed by atoms with Gasteiger partial charge in [0.2, 0.25) is 0 Å². The van der Waals surface area contributed by atoms with Crippen molar-refractivity contribution in [3.8, 4) is 0 Å². The Morgan fingerprint density at radius 2 is 0.651 bits per heavy atom. The molecule has 0 aromatic carbocycles. The lowest BCUT2D eigenvalue weighted by atomic mass is 10.0. The topological polar surface area (TPSA) is 26.3 Å². The minimum absolute atomic E-state index is 0.0233. The second-order valence-electron chi connectivity index (χ2n) is 13.6. The van der Waals surface area contributed by atoms with E-state index in [1.165, 1.54) is 205 Å². The van der Waals surface area contributed by atoms with E-state index in [0.29, 0.717) is 13.0 Å². The van der Waals surface area contributed by atoms with Crippen LogP contribution in [0.4, 0.5) is 0 Å². The van der Waals surface area contributed by atoms with Gasteiger partial charge in [0.25, 0.3) is 0 Å². The lowest BCUT2D eigenvalue weighted by Gasteiger charge is -2.05. The van der Waals surface area contributed by atoms with Gasteiger partial charge in [-0.1, -0.05) is 206 Å². The first kappa shape index (κ1) is 42.2. The van der Waals surface area contributed by atoms with Gasteiger partial charge in [-0.3, -0.25) is 4.79 Å². The number of esters is 1. The van der Waals surface area contributed by atoms with Crippen molar-refractivity contribution >= 4 is 5.97 Å². The molecule has 256 valence electrons. The second kappa shape index (κ2) is 39.2. The Hall–Kier alpha value is -0.790. The summed E-state index contributed by atoms with van der Waals surface area (Å²) < 4.78 is 5.45. The van der Waals surface area contributed by atoms with Gasteiger partial charge >= 0.3 is 5.97 Å². The number of unbranched alkanes of at least 4 members (excludes halogenated alkanes) is 31. The molecule has 0 bridgehead atoms. The molecule has 0 saturated carbocycles. The van der Waals surface area contributed by atoms with Crippen LogP contribution in [0.1, 0.15) is 239 Å². The van der Waals surface area contributed by atoms with Crippen molar-refractivity contribution in [1.29, 1.82) is 0 Å². The van der Waals surface area contributed by atoms with Crippen LogP contribution in [0.3, 0.4) is 0 Å². The molecule has 43 heavy (non-hydrogen) atoms. The Kier molecular flexibility index (Phi) is 38.5. The minimum atomic E-state index is 0.0233. The van der Waals surface area contributed by atoms with Gasteiger partial charge in [-0.15, -0.1) is 0 Å². The normalized spacial score (nSPS) is 11.6. The SMILES string of the molecule is CCCCCCCC/C=C/CCCCCCCCOC(=O)CCCCCCCCCCCCCCCCCCCCCC. The molecule has 0 amide bonds. The average Bonchev–Trinajstić information content (AvgIpc) is 3.01. The third-order valence-electron chi connectivity index (χ3n) is 9.15. The van der Waals surface area contributed by atoms with E-state index in [1.54, 1.807) is 0 Å². The Balaban J connectivity index is 3.17. The lowest BCUT2D eigenvalue weighted by Crippen LogP contribution is -2.05. The van der Waals surface area contributed by atoms with Crippen LogP contribution in [-0.4, -0.2) is 12.6 Å². The van der Waals surface area contributed by atoms with Crippen molar-refractivity contribution in [1.82, 2.24) is 0 Å². The highest BCUT2D eigenvalue weighted by Gasteiger charge is 2.03. The van der Waals surface area contributed by atoms with Gasteiger partial charge in [0, 0.05) is 6.42 Å². The van der Waals surface area contributed by atoms with Crippen molar-refractivity contribution in [2.24, 2.45) is 0 Å². The molecule has 0 aliphatic carbocycles. The van der Waals surface area contributed by atoms with Crippen LogP contribution < -0.4 is 0 Å². The number of ether oxygens (including phenoxy) is 1. The molecule has 2 heteroatoms. The van der Waals surface area contributed by atoms with Crippen LogP contribution in [-0.2, 0) is 9.53 Å². The van der Waals surface area contributed by atoms with Crippen LogP contribution >= 0.6 is 0 Å². The minimum Gasteiger partial charge on any atom is -0.466 e. The standard InChI is InChI=1S/C41H80O2/c1-3-5-7-9-11-13-15-17-19-21-22-23-24-25-27-29-31-33-35-37-39-41(42)43-40-38-36-34-32-30-28-26-20-18-16-14-12-10-8-6-4-2/h18,20H,3-17,19,21-40H2,1-2H3/b20-18+. The molecule has 0 heterocycles. The Morgan fingerprint density at radius 1 is 0.372 bits per heavy atom. The Labute approximate surface area is 272 Å². The Morgan fingerprint density at radius 3 is 1.00 bits per heavy atom. The van der Waals surface area contributed by atoms with Gasteiger partial charge in [0.15, 0.2) is 0 Å². The first-order valence-corrected chi connectivity index (χ1v) is 20.1. The van der Waals surface area contributed by atoms with Crippen molar-refractivity contribution in [2.45, 2.75) is 239 Å². The van der Waals surface area contributed by atoms with E-state index in [4.69, 9.17) is 4.74 Å².